The summed E-state index contributed by atoms with van der Waals surface area (Å²) < 4.78 is 18.9. The monoisotopic (exact) mass is 402 g/mol. The molecule has 2 aromatic carbocycles. The van der Waals surface area contributed by atoms with Gasteiger partial charge in [-0.2, -0.15) is 0 Å². The third-order valence-corrected chi connectivity index (χ3v) is 6.21. The molecule has 1 aliphatic rings. The number of nitrogens with zero attached hydrogens (tertiary/aromatic N) is 1. The van der Waals surface area contributed by atoms with Gasteiger partial charge in [-0.3, -0.25) is 0 Å². The van der Waals surface area contributed by atoms with E-state index in [1.807, 2.05) is 24.8 Å². The van der Waals surface area contributed by atoms with Crippen LogP contribution in [-0.2, 0) is 4.74 Å². The lowest BCUT2D eigenvalue weighted by Crippen LogP contribution is -2.44. The molecule has 0 saturated carbocycles. The Hall–Kier alpha value is -2.05. The molecule has 1 aliphatic heterocycles. The quantitative estimate of drug-likeness (QED) is 0.659. The highest BCUT2D eigenvalue weighted by Gasteiger charge is 2.25. The van der Waals surface area contributed by atoms with Gasteiger partial charge in [-0.05, 0) is 54.8 Å². The second-order valence-corrected chi connectivity index (χ2v) is 8.61. The molecular formula is C22H27FN2O2S. The van der Waals surface area contributed by atoms with Crippen LogP contribution in [0, 0.1) is 12.7 Å². The van der Waals surface area contributed by atoms with Gasteiger partial charge in [-0.15, -0.1) is 11.8 Å². The lowest BCUT2D eigenvalue weighted by molar-refractivity contribution is -0.0135. The van der Waals surface area contributed by atoms with Crippen molar-refractivity contribution in [3.63, 3.8) is 0 Å². The first kappa shape index (κ1) is 20.7. The molecule has 1 saturated heterocycles. The van der Waals surface area contributed by atoms with Crippen LogP contribution >= 0.6 is 11.8 Å². The number of anilines is 1. The van der Waals surface area contributed by atoms with Gasteiger partial charge in [-0.1, -0.05) is 26.0 Å². The first-order chi connectivity index (χ1) is 13.5. The van der Waals surface area contributed by atoms with Crippen LogP contribution in [-0.4, -0.2) is 35.9 Å². The van der Waals surface area contributed by atoms with E-state index in [1.165, 1.54) is 17.0 Å². The molecule has 6 heteroatoms. The maximum atomic E-state index is 13.1. The number of hydrogen-bond donors (Lipinski definition) is 1. The van der Waals surface area contributed by atoms with Crippen molar-refractivity contribution in [3.05, 3.63) is 59.4 Å². The normalized spacial score (nSPS) is 18.0. The Morgan fingerprint density at radius 3 is 2.75 bits per heavy atom. The summed E-state index contributed by atoms with van der Waals surface area (Å²) in [7, 11) is 0. The number of hydrogen-bond acceptors (Lipinski definition) is 3. The highest BCUT2D eigenvalue weighted by Crippen LogP contribution is 2.29. The summed E-state index contributed by atoms with van der Waals surface area (Å²) in [6, 6.07) is 12.3. The summed E-state index contributed by atoms with van der Waals surface area (Å²) in [5, 5.41) is 3.58. The van der Waals surface area contributed by atoms with Gasteiger partial charge in [0.15, 0.2) is 0 Å². The Balaban J connectivity index is 1.63. The van der Waals surface area contributed by atoms with Crippen LogP contribution in [0.5, 0.6) is 0 Å². The molecule has 2 atom stereocenters. The fourth-order valence-electron chi connectivity index (χ4n) is 3.07. The van der Waals surface area contributed by atoms with Crippen molar-refractivity contribution in [2.24, 2.45) is 0 Å². The maximum absolute atomic E-state index is 13.1. The molecule has 28 heavy (non-hydrogen) atoms. The summed E-state index contributed by atoms with van der Waals surface area (Å²) in [5.74, 6) is -0.278. The molecule has 0 aliphatic carbocycles. The smallest absolute Gasteiger partial charge is 0.322 e. The van der Waals surface area contributed by atoms with Crippen LogP contribution in [0.2, 0.25) is 0 Å². The van der Waals surface area contributed by atoms with Gasteiger partial charge in [0.05, 0.1) is 13.2 Å². The zero-order valence-corrected chi connectivity index (χ0v) is 17.4. The molecule has 0 radical (unpaired) electrons. The topological polar surface area (TPSA) is 41.6 Å². The van der Waals surface area contributed by atoms with E-state index in [9.17, 15) is 9.18 Å². The van der Waals surface area contributed by atoms with Gasteiger partial charge in [-0.25, -0.2) is 9.18 Å². The molecule has 150 valence electrons. The summed E-state index contributed by atoms with van der Waals surface area (Å²) in [6.07, 6.45) is 0.879. The third kappa shape index (κ3) is 5.26. The molecule has 0 aromatic heterocycles. The molecule has 1 fully saturated rings. The van der Waals surface area contributed by atoms with Gasteiger partial charge >= 0.3 is 6.03 Å². The van der Waals surface area contributed by atoms with Crippen molar-refractivity contribution in [2.45, 2.75) is 43.4 Å². The van der Waals surface area contributed by atoms with E-state index in [4.69, 9.17) is 4.74 Å². The standard InChI is InChI=1S/C22H27FN2O2S/c1-4-16(3)28-19-9-10-20(15(2)13-19)24-22(26)25-11-12-27-21(14-25)17-5-7-18(23)8-6-17/h5-10,13,16,21H,4,11-12,14H2,1-3H3,(H,24,26). The second-order valence-electron chi connectivity index (χ2n) is 7.10. The highest BCUT2D eigenvalue weighted by molar-refractivity contribution is 7.99. The lowest BCUT2D eigenvalue weighted by Gasteiger charge is -2.33. The van der Waals surface area contributed by atoms with Crippen LogP contribution in [0.25, 0.3) is 0 Å². The molecule has 2 amide bonds. The number of halogens is 1. The van der Waals surface area contributed by atoms with Gasteiger partial charge in [0.1, 0.15) is 11.9 Å². The van der Waals surface area contributed by atoms with Crippen molar-refractivity contribution < 1.29 is 13.9 Å². The number of aryl methyl sites for hydroxylation is 1. The zero-order chi connectivity index (χ0) is 20.1. The molecule has 0 bridgehead atoms. The van der Waals surface area contributed by atoms with Gasteiger partial charge < -0.3 is 15.0 Å². The predicted molar refractivity (Wildman–Crippen MR) is 112 cm³/mol. The summed E-state index contributed by atoms with van der Waals surface area (Å²) >= 11 is 1.85. The SMILES string of the molecule is CCC(C)Sc1ccc(NC(=O)N2CCOC(c3ccc(F)cc3)C2)c(C)c1. The maximum Gasteiger partial charge on any atom is 0.322 e. The predicted octanol–water partition coefficient (Wildman–Crippen LogP) is 5.63. The number of amides is 2. The highest BCUT2D eigenvalue weighted by atomic mass is 32.2. The second kappa shape index (κ2) is 9.43. The Labute approximate surface area is 170 Å². The van der Waals surface area contributed by atoms with Gasteiger partial charge in [0, 0.05) is 22.4 Å². The molecule has 4 nitrogen and oxygen atoms in total. The first-order valence-corrected chi connectivity index (χ1v) is 10.5. The molecule has 0 spiro atoms. The van der Waals surface area contributed by atoms with Crippen LogP contribution in [0.1, 0.15) is 37.5 Å². The van der Waals surface area contributed by atoms with E-state index in [0.717, 1.165) is 23.2 Å². The van der Waals surface area contributed by atoms with E-state index in [-0.39, 0.29) is 18.0 Å². The Morgan fingerprint density at radius 1 is 1.32 bits per heavy atom. The fraction of sp³-hybridized carbons (Fsp3) is 0.409. The van der Waals surface area contributed by atoms with Gasteiger partial charge in [0.25, 0.3) is 0 Å². The van der Waals surface area contributed by atoms with Crippen molar-refractivity contribution in [2.75, 3.05) is 25.0 Å². The minimum Gasteiger partial charge on any atom is -0.370 e. The number of carbonyl (C=O) groups excluding carboxylic acids is 1. The summed E-state index contributed by atoms with van der Waals surface area (Å²) in [4.78, 5) is 15.7. The van der Waals surface area contributed by atoms with Crippen molar-refractivity contribution in [1.29, 1.82) is 0 Å². The lowest BCUT2D eigenvalue weighted by atomic mass is 10.1. The van der Waals surface area contributed by atoms with Crippen LogP contribution in [0.4, 0.5) is 14.9 Å². The number of rotatable bonds is 5. The Morgan fingerprint density at radius 2 is 2.07 bits per heavy atom. The van der Waals surface area contributed by atoms with E-state index in [0.29, 0.717) is 24.9 Å². The van der Waals surface area contributed by atoms with E-state index in [1.54, 1.807) is 17.0 Å². The summed E-state index contributed by atoms with van der Waals surface area (Å²) in [6.45, 7) is 7.84. The number of nitrogens with one attached hydrogen (secondary N) is 1. The van der Waals surface area contributed by atoms with Gasteiger partial charge in [0.2, 0.25) is 0 Å². The first-order valence-electron chi connectivity index (χ1n) is 9.66. The molecule has 3 rings (SSSR count). The molecular weight excluding hydrogens is 375 g/mol. The molecule has 1 N–H and O–H groups in total. The van der Waals surface area contributed by atoms with E-state index < -0.39 is 0 Å². The largest absolute Gasteiger partial charge is 0.370 e. The van der Waals surface area contributed by atoms with Crippen LogP contribution in [0.3, 0.4) is 0 Å². The number of carbonyl (C=O) groups is 1. The average molecular weight is 403 g/mol. The molecule has 2 unspecified atom stereocenters. The van der Waals surface area contributed by atoms with Crippen molar-refractivity contribution in [3.8, 4) is 0 Å². The Kier molecular flexibility index (Phi) is 6.97. The van der Waals surface area contributed by atoms with E-state index >= 15 is 0 Å². The number of urea groups is 1. The van der Waals surface area contributed by atoms with Crippen LogP contribution in [0.15, 0.2) is 47.4 Å². The number of morpholine rings is 1. The van der Waals surface area contributed by atoms with Crippen molar-refractivity contribution in [1.82, 2.24) is 4.90 Å². The summed E-state index contributed by atoms with van der Waals surface area (Å²) in [5.41, 5.74) is 2.75. The van der Waals surface area contributed by atoms with Crippen LogP contribution < -0.4 is 5.32 Å². The fourth-order valence-corrected chi connectivity index (χ4v) is 4.10. The average Bonchev–Trinajstić information content (AvgIpc) is 2.70. The Bertz CT molecular complexity index is 813. The molecule has 2 aromatic rings. The number of benzene rings is 2. The molecule has 1 heterocycles. The van der Waals surface area contributed by atoms with Crippen molar-refractivity contribution >= 4 is 23.5 Å². The number of ether oxygens (including phenoxy) is 1. The number of thioether (sulfide) groups is 1. The third-order valence-electron chi connectivity index (χ3n) is 4.95. The van der Waals surface area contributed by atoms with E-state index in [2.05, 4.69) is 31.3 Å². The zero-order valence-electron chi connectivity index (χ0n) is 16.6. The minimum absolute atomic E-state index is 0.138. The minimum atomic E-state index is -0.278.